The van der Waals surface area contributed by atoms with E-state index in [9.17, 15) is 14.4 Å². The summed E-state index contributed by atoms with van der Waals surface area (Å²) in [6.07, 6.45) is 77.2. The lowest BCUT2D eigenvalue weighted by Gasteiger charge is -2.18. The van der Waals surface area contributed by atoms with Gasteiger partial charge >= 0.3 is 17.9 Å². The topological polar surface area (TPSA) is 78.9 Å². The number of hydrogen-bond acceptors (Lipinski definition) is 6. The molecule has 70 heavy (non-hydrogen) atoms. The first-order chi connectivity index (χ1) is 34.5. The fourth-order valence-corrected chi connectivity index (χ4v) is 8.01. The molecule has 0 spiro atoms. The van der Waals surface area contributed by atoms with Gasteiger partial charge in [-0.1, -0.05) is 253 Å². The summed E-state index contributed by atoms with van der Waals surface area (Å²) in [5.41, 5.74) is 0. The predicted octanol–water partition coefficient (Wildman–Crippen LogP) is 19.7. The van der Waals surface area contributed by atoms with Gasteiger partial charge in [-0.15, -0.1) is 0 Å². The van der Waals surface area contributed by atoms with Gasteiger partial charge in [0, 0.05) is 19.3 Å². The van der Waals surface area contributed by atoms with Crippen LogP contribution in [0.3, 0.4) is 0 Å². The molecule has 0 aliphatic carbocycles. The lowest BCUT2D eigenvalue weighted by molar-refractivity contribution is -0.167. The number of hydrogen-bond donors (Lipinski definition) is 0. The van der Waals surface area contributed by atoms with E-state index in [0.29, 0.717) is 19.3 Å². The molecule has 0 aromatic carbocycles. The summed E-state index contributed by atoms with van der Waals surface area (Å²) < 4.78 is 16.8. The monoisotopic (exact) mass is 973 g/mol. The SMILES string of the molecule is CC/C=C\C/C=C\C/C=C\C/C=C\CCCCCCCCCCCCCCCCC(=O)OCC(COC(=O)CCCCCCCC)OC(=O)CCCCCCCC/C=C\C/C=C\C/C=C\C/C=C\CC. The second-order valence-corrected chi connectivity index (χ2v) is 19.1. The average Bonchev–Trinajstić information content (AvgIpc) is 3.36. The number of carbonyl (C=O) groups is 3. The van der Waals surface area contributed by atoms with Gasteiger partial charge in [-0.05, 0) is 96.3 Å². The van der Waals surface area contributed by atoms with E-state index in [4.69, 9.17) is 14.2 Å². The van der Waals surface area contributed by atoms with Gasteiger partial charge in [-0.3, -0.25) is 14.4 Å². The van der Waals surface area contributed by atoms with Crippen LogP contribution in [0.15, 0.2) is 97.2 Å². The van der Waals surface area contributed by atoms with Crippen LogP contribution in [0.2, 0.25) is 0 Å². The second-order valence-electron chi connectivity index (χ2n) is 19.1. The quantitative estimate of drug-likeness (QED) is 0.0262. The third-order valence-electron chi connectivity index (χ3n) is 12.3. The van der Waals surface area contributed by atoms with Gasteiger partial charge in [0.05, 0.1) is 0 Å². The summed E-state index contributed by atoms with van der Waals surface area (Å²) in [5.74, 6) is -0.903. The molecule has 1 unspecified atom stereocenters. The van der Waals surface area contributed by atoms with Gasteiger partial charge in [-0.2, -0.15) is 0 Å². The normalized spacial score (nSPS) is 12.8. The van der Waals surface area contributed by atoms with E-state index in [-0.39, 0.29) is 31.1 Å². The molecule has 0 aliphatic heterocycles. The molecule has 1 atom stereocenters. The van der Waals surface area contributed by atoms with Crippen LogP contribution in [0.1, 0.15) is 271 Å². The first kappa shape index (κ1) is 66.3. The smallest absolute Gasteiger partial charge is 0.306 e. The van der Waals surface area contributed by atoms with Gasteiger partial charge in [0.1, 0.15) is 13.2 Å². The van der Waals surface area contributed by atoms with Crippen molar-refractivity contribution in [3.05, 3.63) is 97.2 Å². The highest BCUT2D eigenvalue weighted by atomic mass is 16.6. The van der Waals surface area contributed by atoms with Crippen LogP contribution < -0.4 is 0 Å². The zero-order valence-electron chi connectivity index (χ0n) is 45.8. The van der Waals surface area contributed by atoms with E-state index in [1.807, 2.05) is 0 Å². The molecular weight excluding hydrogens is 865 g/mol. The van der Waals surface area contributed by atoms with Crippen molar-refractivity contribution in [2.75, 3.05) is 13.2 Å². The van der Waals surface area contributed by atoms with Crippen molar-refractivity contribution in [3.8, 4) is 0 Å². The zero-order chi connectivity index (χ0) is 50.7. The molecule has 6 heteroatoms. The Labute approximate surface area is 432 Å². The average molecular weight is 974 g/mol. The van der Waals surface area contributed by atoms with Crippen molar-refractivity contribution in [1.82, 2.24) is 0 Å². The lowest BCUT2D eigenvalue weighted by Crippen LogP contribution is -2.30. The highest BCUT2D eigenvalue weighted by molar-refractivity contribution is 5.71. The Kier molecular flexibility index (Phi) is 54.9. The molecule has 0 radical (unpaired) electrons. The highest BCUT2D eigenvalue weighted by Gasteiger charge is 2.19. The van der Waals surface area contributed by atoms with Crippen molar-refractivity contribution < 1.29 is 28.6 Å². The summed E-state index contributed by atoms with van der Waals surface area (Å²) in [5, 5.41) is 0. The Morgan fingerprint density at radius 3 is 0.871 bits per heavy atom. The minimum atomic E-state index is -0.782. The highest BCUT2D eigenvalue weighted by Crippen LogP contribution is 2.16. The Hall–Kier alpha value is -3.67. The van der Waals surface area contributed by atoms with Crippen molar-refractivity contribution in [2.24, 2.45) is 0 Å². The number of rotatable bonds is 52. The van der Waals surface area contributed by atoms with Gasteiger partial charge < -0.3 is 14.2 Å². The Morgan fingerprint density at radius 2 is 0.557 bits per heavy atom. The van der Waals surface area contributed by atoms with Crippen LogP contribution in [0.4, 0.5) is 0 Å². The van der Waals surface area contributed by atoms with Gasteiger partial charge in [0.2, 0.25) is 0 Å². The molecular formula is C64H108O6. The van der Waals surface area contributed by atoms with Crippen LogP contribution in [0.25, 0.3) is 0 Å². The van der Waals surface area contributed by atoms with Crippen LogP contribution in [0, 0.1) is 0 Å². The molecule has 0 bridgehead atoms. The van der Waals surface area contributed by atoms with E-state index in [1.54, 1.807) is 0 Å². The largest absolute Gasteiger partial charge is 0.462 e. The number of carbonyl (C=O) groups excluding carboxylic acids is 3. The summed E-state index contributed by atoms with van der Waals surface area (Å²) in [6, 6.07) is 0. The second kappa shape index (κ2) is 57.9. The molecule has 6 nitrogen and oxygen atoms in total. The van der Waals surface area contributed by atoms with E-state index in [0.717, 1.165) is 122 Å². The minimum absolute atomic E-state index is 0.0825. The van der Waals surface area contributed by atoms with Crippen molar-refractivity contribution in [3.63, 3.8) is 0 Å². The Balaban J connectivity index is 4.12. The van der Waals surface area contributed by atoms with E-state index >= 15 is 0 Å². The molecule has 0 rings (SSSR count). The molecule has 400 valence electrons. The predicted molar refractivity (Wildman–Crippen MR) is 302 cm³/mol. The third kappa shape index (κ3) is 55.3. The Morgan fingerprint density at radius 1 is 0.300 bits per heavy atom. The molecule has 0 saturated carbocycles. The first-order valence-electron chi connectivity index (χ1n) is 29.2. The fraction of sp³-hybridized carbons (Fsp3) is 0.703. The van der Waals surface area contributed by atoms with Gasteiger partial charge in [0.15, 0.2) is 6.10 Å². The Bertz CT molecular complexity index is 1400. The molecule has 0 heterocycles. The standard InChI is InChI=1S/C64H108O6/c1-4-7-10-13-16-18-20-22-24-26-28-29-30-31-32-33-34-35-37-38-40-42-44-46-48-51-54-57-63(66)69-60-61(59-68-62(65)56-53-50-15-12-9-6-3)70-64(67)58-55-52-49-47-45-43-41-39-36-27-25-23-21-19-17-14-11-8-5-2/h7-8,10-11,16-19,22-25,28-29,36,39,61H,4-6,9,12-15,20-21,26-27,30-35,37-38,40-60H2,1-3H3/b10-7-,11-8-,18-16-,19-17-,24-22-,25-23-,29-28-,39-36-. The minimum Gasteiger partial charge on any atom is -0.462 e. The maximum atomic E-state index is 12.8. The van der Waals surface area contributed by atoms with E-state index < -0.39 is 6.10 Å². The fourth-order valence-electron chi connectivity index (χ4n) is 8.01. The van der Waals surface area contributed by atoms with Gasteiger partial charge in [-0.25, -0.2) is 0 Å². The summed E-state index contributed by atoms with van der Waals surface area (Å²) >= 11 is 0. The van der Waals surface area contributed by atoms with E-state index in [1.165, 1.54) is 109 Å². The lowest BCUT2D eigenvalue weighted by atomic mass is 10.0. The molecule has 0 N–H and O–H groups in total. The van der Waals surface area contributed by atoms with Crippen LogP contribution in [-0.2, 0) is 28.6 Å². The number of unbranched alkanes of at least 4 members (excludes halogenated alkanes) is 25. The van der Waals surface area contributed by atoms with Crippen molar-refractivity contribution in [1.29, 1.82) is 0 Å². The number of esters is 3. The van der Waals surface area contributed by atoms with Crippen molar-refractivity contribution >= 4 is 17.9 Å². The molecule has 0 fully saturated rings. The third-order valence-corrected chi connectivity index (χ3v) is 12.3. The summed E-state index contributed by atoms with van der Waals surface area (Å²) in [4.78, 5) is 37.9. The first-order valence-corrected chi connectivity index (χ1v) is 29.2. The van der Waals surface area contributed by atoms with Crippen LogP contribution in [-0.4, -0.2) is 37.2 Å². The number of allylic oxidation sites excluding steroid dienone is 16. The van der Waals surface area contributed by atoms with Gasteiger partial charge in [0.25, 0.3) is 0 Å². The van der Waals surface area contributed by atoms with E-state index in [2.05, 4.69) is 118 Å². The molecule has 0 aromatic heterocycles. The van der Waals surface area contributed by atoms with Crippen LogP contribution in [0.5, 0.6) is 0 Å². The van der Waals surface area contributed by atoms with Crippen LogP contribution >= 0.6 is 0 Å². The maximum Gasteiger partial charge on any atom is 0.306 e. The molecule has 0 amide bonds. The molecule has 0 aromatic rings. The summed E-state index contributed by atoms with van der Waals surface area (Å²) in [6.45, 7) is 6.35. The van der Waals surface area contributed by atoms with Crippen molar-refractivity contribution in [2.45, 2.75) is 277 Å². The maximum absolute atomic E-state index is 12.8. The number of ether oxygens (including phenoxy) is 3. The summed E-state index contributed by atoms with van der Waals surface area (Å²) in [7, 11) is 0. The molecule has 0 aliphatic rings. The molecule has 0 saturated heterocycles. The zero-order valence-corrected chi connectivity index (χ0v) is 45.8.